The van der Waals surface area contributed by atoms with E-state index in [0.29, 0.717) is 12.2 Å². The van der Waals surface area contributed by atoms with Gasteiger partial charge in [0.05, 0.1) is 11.5 Å². The van der Waals surface area contributed by atoms with E-state index in [9.17, 15) is 8.42 Å². The van der Waals surface area contributed by atoms with Crippen LogP contribution in [0.3, 0.4) is 0 Å². The van der Waals surface area contributed by atoms with Gasteiger partial charge in [-0.05, 0) is 30.7 Å². The minimum atomic E-state index is -2.83. The van der Waals surface area contributed by atoms with Crippen LogP contribution in [0.2, 0.25) is 0 Å². The zero-order valence-electron chi connectivity index (χ0n) is 10.2. The molecular formula is C13H14N2O2S2. The maximum Gasteiger partial charge on any atom is 0.152 e. The lowest BCUT2D eigenvalue weighted by Gasteiger charge is -2.12. The van der Waals surface area contributed by atoms with Crippen molar-refractivity contribution >= 4 is 26.9 Å². The average Bonchev–Trinajstić information content (AvgIpc) is 3.00. The molecule has 2 heterocycles. The summed E-state index contributed by atoms with van der Waals surface area (Å²) >= 11 is 1.60. The minimum absolute atomic E-state index is 0.0377. The number of nitrogens with one attached hydrogen (secondary N) is 1. The van der Waals surface area contributed by atoms with Crippen molar-refractivity contribution in [1.29, 1.82) is 0 Å². The summed E-state index contributed by atoms with van der Waals surface area (Å²) in [6.07, 6.45) is 2.48. The van der Waals surface area contributed by atoms with E-state index >= 15 is 0 Å². The van der Waals surface area contributed by atoms with Crippen molar-refractivity contribution in [3.63, 3.8) is 0 Å². The molecule has 0 bridgehead atoms. The molecule has 1 aliphatic heterocycles. The zero-order valence-corrected chi connectivity index (χ0v) is 11.9. The molecule has 3 rings (SSSR count). The van der Waals surface area contributed by atoms with E-state index in [1.54, 1.807) is 17.5 Å². The monoisotopic (exact) mass is 294 g/mol. The van der Waals surface area contributed by atoms with Crippen LogP contribution in [0.1, 0.15) is 6.42 Å². The summed E-state index contributed by atoms with van der Waals surface area (Å²) in [5, 5.41) is 6.22. The summed E-state index contributed by atoms with van der Waals surface area (Å²) < 4.78 is 22.8. The average molecular weight is 294 g/mol. The molecule has 100 valence electrons. The van der Waals surface area contributed by atoms with Crippen LogP contribution in [0.15, 0.2) is 35.8 Å². The highest BCUT2D eigenvalue weighted by Crippen LogP contribution is 2.24. The van der Waals surface area contributed by atoms with E-state index in [4.69, 9.17) is 0 Å². The number of sulfone groups is 1. The fourth-order valence-corrected chi connectivity index (χ4v) is 4.54. The Morgan fingerprint density at radius 1 is 1.26 bits per heavy atom. The van der Waals surface area contributed by atoms with Crippen LogP contribution in [-0.4, -0.2) is 30.9 Å². The predicted molar refractivity (Wildman–Crippen MR) is 78.2 cm³/mol. The number of rotatable bonds is 3. The van der Waals surface area contributed by atoms with Crippen LogP contribution >= 0.6 is 11.3 Å². The maximum atomic E-state index is 11.4. The van der Waals surface area contributed by atoms with Gasteiger partial charge < -0.3 is 5.32 Å². The van der Waals surface area contributed by atoms with Gasteiger partial charge in [-0.1, -0.05) is 0 Å². The van der Waals surface area contributed by atoms with Gasteiger partial charge in [-0.2, -0.15) is 0 Å². The van der Waals surface area contributed by atoms with Crippen molar-refractivity contribution in [2.24, 2.45) is 0 Å². The molecule has 0 amide bonds. The van der Waals surface area contributed by atoms with Gasteiger partial charge in [0.15, 0.2) is 9.84 Å². The number of benzene rings is 1. The Kier molecular flexibility index (Phi) is 3.28. The third-order valence-electron chi connectivity index (χ3n) is 3.17. The first-order valence-electron chi connectivity index (χ1n) is 6.09. The molecule has 4 nitrogen and oxygen atoms in total. The largest absolute Gasteiger partial charge is 0.381 e. The van der Waals surface area contributed by atoms with Gasteiger partial charge in [0.2, 0.25) is 0 Å². The quantitative estimate of drug-likeness (QED) is 0.944. The smallest absolute Gasteiger partial charge is 0.152 e. The standard InChI is InChI=1S/C13H14N2O2S2/c16-19(17)8-5-12(9-19)15-11-3-1-10(2-4-11)13-14-6-7-18-13/h1-4,6-7,12,15H,5,8-9H2. The van der Waals surface area contributed by atoms with Gasteiger partial charge >= 0.3 is 0 Å². The lowest BCUT2D eigenvalue weighted by Crippen LogP contribution is -2.20. The van der Waals surface area contributed by atoms with Crippen molar-refractivity contribution in [3.05, 3.63) is 35.8 Å². The molecule has 1 aliphatic rings. The summed E-state index contributed by atoms with van der Waals surface area (Å²) in [4.78, 5) is 4.26. The first-order valence-corrected chi connectivity index (χ1v) is 8.79. The third kappa shape index (κ3) is 2.96. The Morgan fingerprint density at radius 3 is 2.63 bits per heavy atom. The number of hydrogen-bond acceptors (Lipinski definition) is 5. The van der Waals surface area contributed by atoms with Gasteiger partial charge in [-0.15, -0.1) is 11.3 Å². The first kappa shape index (κ1) is 12.6. The summed E-state index contributed by atoms with van der Waals surface area (Å²) in [5.74, 6) is 0.531. The Hall–Kier alpha value is -1.40. The highest BCUT2D eigenvalue weighted by atomic mass is 32.2. The van der Waals surface area contributed by atoms with Crippen molar-refractivity contribution in [1.82, 2.24) is 4.98 Å². The van der Waals surface area contributed by atoms with Crippen LogP contribution in [0, 0.1) is 0 Å². The van der Waals surface area contributed by atoms with Crippen LogP contribution in [0.4, 0.5) is 5.69 Å². The molecule has 1 aromatic heterocycles. The molecule has 1 atom stereocenters. The number of hydrogen-bond donors (Lipinski definition) is 1. The molecule has 2 aromatic rings. The van der Waals surface area contributed by atoms with Crippen LogP contribution in [0.5, 0.6) is 0 Å². The number of thiazole rings is 1. The molecular weight excluding hydrogens is 280 g/mol. The molecule has 0 spiro atoms. The second kappa shape index (κ2) is 4.94. The summed E-state index contributed by atoms with van der Waals surface area (Å²) in [6, 6.07) is 7.99. The topological polar surface area (TPSA) is 59.1 Å². The fraction of sp³-hybridized carbons (Fsp3) is 0.308. The van der Waals surface area contributed by atoms with E-state index in [-0.39, 0.29) is 11.8 Å². The molecule has 1 fully saturated rings. The zero-order chi connectivity index (χ0) is 13.3. The number of aromatic nitrogens is 1. The number of nitrogens with zero attached hydrogens (tertiary/aromatic N) is 1. The molecule has 1 saturated heterocycles. The van der Waals surface area contributed by atoms with Gasteiger partial charge in [0.25, 0.3) is 0 Å². The summed E-state index contributed by atoms with van der Waals surface area (Å²) in [7, 11) is -2.83. The van der Waals surface area contributed by atoms with Crippen molar-refractivity contribution in [2.45, 2.75) is 12.5 Å². The third-order valence-corrected chi connectivity index (χ3v) is 5.76. The van der Waals surface area contributed by atoms with Gasteiger partial charge in [0.1, 0.15) is 5.01 Å². The normalized spacial score (nSPS) is 21.4. The Balaban J connectivity index is 1.70. The second-order valence-corrected chi connectivity index (χ2v) is 7.78. The van der Waals surface area contributed by atoms with Gasteiger partial charge in [-0.3, -0.25) is 0 Å². The van der Waals surface area contributed by atoms with E-state index < -0.39 is 9.84 Å². The molecule has 0 aliphatic carbocycles. The van der Waals surface area contributed by atoms with E-state index in [2.05, 4.69) is 10.3 Å². The lowest BCUT2D eigenvalue weighted by molar-refractivity contribution is 0.602. The van der Waals surface area contributed by atoms with Crippen molar-refractivity contribution in [3.8, 4) is 10.6 Å². The lowest BCUT2D eigenvalue weighted by atomic mass is 10.2. The molecule has 0 saturated carbocycles. The molecule has 19 heavy (non-hydrogen) atoms. The van der Waals surface area contributed by atoms with Crippen molar-refractivity contribution < 1.29 is 8.42 Å². The Bertz CT molecular complexity index is 648. The van der Waals surface area contributed by atoms with E-state index in [1.807, 2.05) is 29.6 Å². The molecule has 6 heteroatoms. The van der Waals surface area contributed by atoms with Gasteiger partial charge in [0, 0.05) is 28.9 Å². The van der Waals surface area contributed by atoms with Crippen LogP contribution < -0.4 is 5.32 Å². The van der Waals surface area contributed by atoms with Crippen LogP contribution in [0.25, 0.3) is 10.6 Å². The second-order valence-electron chi connectivity index (χ2n) is 4.66. The highest BCUT2D eigenvalue weighted by Gasteiger charge is 2.27. The molecule has 1 unspecified atom stereocenters. The molecule has 0 radical (unpaired) electrons. The SMILES string of the molecule is O=S1(=O)CCC(Nc2ccc(-c3nccs3)cc2)C1. The molecule has 1 N–H and O–H groups in total. The Morgan fingerprint density at radius 2 is 2.05 bits per heavy atom. The fourth-order valence-electron chi connectivity index (χ4n) is 2.22. The van der Waals surface area contributed by atoms with E-state index in [0.717, 1.165) is 16.3 Å². The van der Waals surface area contributed by atoms with E-state index in [1.165, 1.54) is 0 Å². The first-order chi connectivity index (χ1) is 9.12. The maximum absolute atomic E-state index is 11.4. The predicted octanol–water partition coefficient (Wildman–Crippen LogP) is 2.41. The van der Waals surface area contributed by atoms with Crippen LogP contribution in [-0.2, 0) is 9.84 Å². The summed E-state index contributed by atoms with van der Waals surface area (Å²) in [5.41, 5.74) is 2.04. The number of anilines is 1. The van der Waals surface area contributed by atoms with Gasteiger partial charge in [-0.25, -0.2) is 13.4 Å². The highest BCUT2D eigenvalue weighted by molar-refractivity contribution is 7.91. The summed E-state index contributed by atoms with van der Waals surface area (Å²) in [6.45, 7) is 0. The Labute approximate surface area is 116 Å². The minimum Gasteiger partial charge on any atom is -0.381 e. The van der Waals surface area contributed by atoms with Crippen molar-refractivity contribution in [2.75, 3.05) is 16.8 Å². The molecule has 1 aromatic carbocycles.